The van der Waals surface area contributed by atoms with Crippen LogP contribution < -0.4 is 10.1 Å². The number of phenolic OH excluding ortho intramolecular Hbond substituents is 1. The standard InChI is InChI=1S/C18H21N3O6S/c1-27-18-8-5-13(11-17(18)22)19-15-7-6-14(12-16(15)21(23)24)28(25,26)20-9-3-2-4-10-20/h5-8,11-12,19,22H,2-4,9-10H2,1H3. The van der Waals surface area contributed by atoms with Gasteiger partial charge in [0.15, 0.2) is 11.5 Å². The normalized spacial score (nSPS) is 15.2. The van der Waals surface area contributed by atoms with E-state index in [9.17, 15) is 23.6 Å². The highest BCUT2D eigenvalue weighted by molar-refractivity contribution is 7.89. The lowest BCUT2D eigenvalue weighted by molar-refractivity contribution is -0.384. The van der Waals surface area contributed by atoms with Crippen molar-refractivity contribution >= 4 is 27.1 Å². The Labute approximate surface area is 162 Å². The number of nitrogens with one attached hydrogen (secondary N) is 1. The van der Waals surface area contributed by atoms with Crippen LogP contribution in [0.25, 0.3) is 0 Å². The van der Waals surface area contributed by atoms with E-state index in [0.29, 0.717) is 18.8 Å². The zero-order chi connectivity index (χ0) is 20.3. The lowest BCUT2D eigenvalue weighted by Crippen LogP contribution is -2.35. The fourth-order valence-corrected chi connectivity index (χ4v) is 4.64. The van der Waals surface area contributed by atoms with Gasteiger partial charge in [0, 0.05) is 30.9 Å². The average Bonchev–Trinajstić information content (AvgIpc) is 2.69. The zero-order valence-electron chi connectivity index (χ0n) is 15.3. The summed E-state index contributed by atoms with van der Waals surface area (Å²) < 4.78 is 31.9. The number of ether oxygens (including phenoxy) is 1. The number of sulfonamides is 1. The molecule has 2 aromatic rings. The lowest BCUT2D eigenvalue weighted by atomic mass is 10.2. The molecule has 2 N–H and O–H groups in total. The second-order valence-corrected chi connectivity index (χ2v) is 8.35. The smallest absolute Gasteiger partial charge is 0.294 e. The van der Waals surface area contributed by atoms with Gasteiger partial charge in [-0.05, 0) is 37.1 Å². The van der Waals surface area contributed by atoms with E-state index < -0.39 is 14.9 Å². The number of methoxy groups -OCH3 is 1. The van der Waals surface area contributed by atoms with Crippen LogP contribution >= 0.6 is 0 Å². The van der Waals surface area contributed by atoms with Crippen LogP contribution in [-0.2, 0) is 10.0 Å². The van der Waals surface area contributed by atoms with E-state index in [-0.39, 0.29) is 27.8 Å². The van der Waals surface area contributed by atoms with Gasteiger partial charge in [0.1, 0.15) is 5.69 Å². The van der Waals surface area contributed by atoms with E-state index in [0.717, 1.165) is 25.3 Å². The second-order valence-electron chi connectivity index (χ2n) is 6.41. The molecule has 0 atom stereocenters. The monoisotopic (exact) mass is 407 g/mol. The maximum atomic E-state index is 12.8. The maximum Gasteiger partial charge on any atom is 0.294 e. The fourth-order valence-electron chi connectivity index (χ4n) is 3.11. The van der Waals surface area contributed by atoms with Gasteiger partial charge in [0.25, 0.3) is 5.69 Å². The van der Waals surface area contributed by atoms with E-state index in [1.165, 1.54) is 35.7 Å². The van der Waals surface area contributed by atoms with Crippen molar-refractivity contribution in [3.63, 3.8) is 0 Å². The molecule has 0 bridgehead atoms. The molecular formula is C18H21N3O6S. The molecule has 1 heterocycles. The summed E-state index contributed by atoms with van der Waals surface area (Å²) in [7, 11) is -2.37. The van der Waals surface area contributed by atoms with E-state index in [2.05, 4.69) is 5.32 Å². The Morgan fingerprint density at radius 3 is 2.46 bits per heavy atom. The number of piperidine rings is 1. The van der Waals surface area contributed by atoms with Gasteiger partial charge in [-0.2, -0.15) is 4.31 Å². The molecule has 0 radical (unpaired) electrons. The second kappa shape index (κ2) is 8.03. The first-order chi connectivity index (χ1) is 13.3. The Balaban J connectivity index is 1.93. The summed E-state index contributed by atoms with van der Waals surface area (Å²) in [5, 5.41) is 24.2. The summed E-state index contributed by atoms with van der Waals surface area (Å²) in [5.74, 6) is 0.141. The van der Waals surface area contributed by atoms with Crippen LogP contribution in [0, 0.1) is 10.1 Å². The van der Waals surface area contributed by atoms with Crippen molar-refractivity contribution in [2.24, 2.45) is 0 Å². The first-order valence-corrected chi connectivity index (χ1v) is 10.2. The third-order valence-corrected chi connectivity index (χ3v) is 6.47. The molecule has 0 unspecified atom stereocenters. The van der Waals surface area contributed by atoms with Crippen LogP contribution in [0.5, 0.6) is 11.5 Å². The Hall–Kier alpha value is -2.85. The molecule has 1 saturated heterocycles. The van der Waals surface area contributed by atoms with E-state index in [1.54, 1.807) is 6.07 Å². The van der Waals surface area contributed by atoms with Crippen LogP contribution in [-0.4, -0.2) is 43.0 Å². The number of hydrogen-bond donors (Lipinski definition) is 2. The minimum absolute atomic E-state index is 0.107. The number of nitro groups is 1. The lowest BCUT2D eigenvalue weighted by Gasteiger charge is -2.25. The van der Waals surface area contributed by atoms with Gasteiger partial charge in [0.05, 0.1) is 16.9 Å². The third-order valence-electron chi connectivity index (χ3n) is 4.58. The average molecular weight is 407 g/mol. The van der Waals surface area contributed by atoms with Crippen molar-refractivity contribution in [3.8, 4) is 11.5 Å². The molecule has 150 valence electrons. The van der Waals surface area contributed by atoms with Gasteiger partial charge >= 0.3 is 0 Å². The molecule has 2 aromatic carbocycles. The largest absolute Gasteiger partial charge is 0.504 e. The Kier molecular flexibility index (Phi) is 5.71. The van der Waals surface area contributed by atoms with Crippen LogP contribution in [0.3, 0.4) is 0 Å². The quantitative estimate of drug-likeness (QED) is 0.557. The third kappa shape index (κ3) is 4.02. The molecule has 10 heteroatoms. The van der Waals surface area contributed by atoms with Gasteiger partial charge < -0.3 is 15.2 Å². The molecule has 0 saturated carbocycles. The Bertz CT molecular complexity index is 987. The minimum Gasteiger partial charge on any atom is -0.504 e. The molecule has 28 heavy (non-hydrogen) atoms. The van der Waals surface area contributed by atoms with Gasteiger partial charge in [0.2, 0.25) is 10.0 Å². The summed E-state index contributed by atoms with van der Waals surface area (Å²) in [4.78, 5) is 10.8. The van der Waals surface area contributed by atoms with Gasteiger partial charge in [-0.1, -0.05) is 6.42 Å². The van der Waals surface area contributed by atoms with Gasteiger partial charge in [-0.25, -0.2) is 8.42 Å². The minimum atomic E-state index is -3.78. The molecule has 9 nitrogen and oxygen atoms in total. The number of benzene rings is 2. The van der Waals surface area contributed by atoms with Gasteiger partial charge in [-0.15, -0.1) is 0 Å². The topological polar surface area (TPSA) is 122 Å². The first-order valence-electron chi connectivity index (χ1n) is 8.75. The van der Waals surface area contributed by atoms with Crippen LogP contribution in [0.2, 0.25) is 0 Å². The van der Waals surface area contributed by atoms with Crippen molar-refractivity contribution in [1.82, 2.24) is 4.31 Å². The summed E-state index contributed by atoms with van der Waals surface area (Å²) >= 11 is 0. The fraction of sp³-hybridized carbons (Fsp3) is 0.333. The molecule has 1 aliphatic rings. The molecule has 1 aliphatic heterocycles. The highest BCUT2D eigenvalue weighted by atomic mass is 32.2. The highest BCUT2D eigenvalue weighted by Crippen LogP contribution is 2.34. The van der Waals surface area contributed by atoms with Crippen molar-refractivity contribution in [2.45, 2.75) is 24.2 Å². The summed E-state index contributed by atoms with van der Waals surface area (Å²) in [5.41, 5.74) is 0.147. The summed E-state index contributed by atoms with van der Waals surface area (Å²) in [6, 6.07) is 8.23. The number of aromatic hydroxyl groups is 1. The molecule has 1 fully saturated rings. The van der Waals surface area contributed by atoms with Crippen LogP contribution in [0.4, 0.5) is 17.1 Å². The van der Waals surface area contributed by atoms with E-state index in [1.807, 2.05) is 0 Å². The number of hydrogen-bond acceptors (Lipinski definition) is 7. The molecule has 3 rings (SSSR count). The van der Waals surface area contributed by atoms with E-state index in [4.69, 9.17) is 4.74 Å². The molecule has 0 spiro atoms. The zero-order valence-corrected chi connectivity index (χ0v) is 16.1. The number of phenols is 1. The van der Waals surface area contributed by atoms with Gasteiger partial charge in [-0.3, -0.25) is 10.1 Å². The SMILES string of the molecule is COc1ccc(Nc2ccc(S(=O)(=O)N3CCCCC3)cc2[N+](=O)[O-])cc1O. The number of nitrogens with zero attached hydrogens (tertiary/aromatic N) is 2. The maximum absolute atomic E-state index is 12.8. The van der Waals surface area contributed by atoms with Crippen molar-refractivity contribution in [2.75, 3.05) is 25.5 Å². The first kappa shape index (κ1) is 19.9. The molecule has 0 aliphatic carbocycles. The Morgan fingerprint density at radius 1 is 1.14 bits per heavy atom. The molecular weight excluding hydrogens is 386 g/mol. The van der Waals surface area contributed by atoms with Crippen molar-refractivity contribution in [1.29, 1.82) is 0 Å². The number of rotatable bonds is 6. The highest BCUT2D eigenvalue weighted by Gasteiger charge is 2.28. The summed E-state index contributed by atoms with van der Waals surface area (Å²) in [6.07, 6.45) is 2.54. The number of nitro benzene ring substituents is 1. The van der Waals surface area contributed by atoms with Crippen LogP contribution in [0.15, 0.2) is 41.3 Å². The van der Waals surface area contributed by atoms with E-state index >= 15 is 0 Å². The molecule has 0 aromatic heterocycles. The van der Waals surface area contributed by atoms with Crippen molar-refractivity contribution in [3.05, 3.63) is 46.5 Å². The number of anilines is 2. The Morgan fingerprint density at radius 2 is 1.86 bits per heavy atom. The molecule has 0 amide bonds. The van der Waals surface area contributed by atoms with Crippen molar-refractivity contribution < 1.29 is 23.2 Å². The predicted octanol–water partition coefficient (Wildman–Crippen LogP) is 3.23. The van der Waals surface area contributed by atoms with Crippen LogP contribution in [0.1, 0.15) is 19.3 Å². The predicted molar refractivity (Wildman–Crippen MR) is 104 cm³/mol. The summed E-state index contributed by atoms with van der Waals surface area (Å²) in [6.45, 7) is 0.836.